The van der Waals surface area contributed by atoms with Crippen molar-refractivity contribution in [3.8, 4) is 5.75 Å². The third kappa shape index (κ3) is 7.96. The minimum Gasteiger partial charge on any atom is -0.493 e. The second-order valence-corrected chi connectivity index (χ2v) is 9.03. The number of hydrogen-bond donors (Lipinski definition) is 2. The molecule has 0 bridgehead atoms. The van der Waals surface area contributed by atoms with Crippen LogP contribution < -0.4 is 15.4 Å². The van der Waals surface area contributed by atoms with Crippen molar-refractivity contribution in [1.29, 1.82) is 0 Å². The van der Waals surface area contributed by atoms with Gasteiger partial charge >= 0.3 is 0 Å². The zero-order chi connectivity index (χ0) is 21.4. The van der Waals surface area contributed by atoms with Crippen LogP contribution in [-0.2, 0) is 22.9 Å². The van der Waals surface area contributed by atoms with Crippen molar-refractivity contribution < 1.29 is 13.2 Å². The lowest BCUT2D eigenvalue weighted by Crippen LogP contribution is -2.36. The largest absolute Gasteiger partial charge is 0.493 e. The van der Waals surface area contributed by atoms with Crippen LogP contribution in [-0.4, -0.2) is 33.8 Å². The predicted octanol–water partition coefficient (Wildman–Crippen LogP) is 4.32. The monoisotopic (exact) mass is 565 g/mol. The topological polar surface area (TPSA) is 79.8 Å². The molecule has 2 N–H and O–H groups in total. The lowest BCUT2D eigenvalue weighted by Gasteiger charge is -2.14. The lowest BCUT2D eigenvalue weighted by atomic mass is 10.1. The summed E-state index contributed by atoms with van der Waals surface area (Å²) in [5.74, 6) is 1.41. The van der Waals surface area contributed by atoms with Crippen molar-refractivity contribution in [2.24, 2.45) is 4.99 Å². The number of ether oxygens (including phenoxy) is 1. The molecule has 0 aliphatic carbocycles. The number of guanidine groups is 1. The number of aliphatic imine (C=N–C) groups is 1. The maximum absolute atomic E-state index is 11.8. The summed E-state index contributed by atoms with van der Waals surface area (Å²) in [6, 6.07) is 10.9. The number of hydrogen-bond acceptors (Lipinski definition) is 4. The third-order valence-electron chi connectivity index (χ3n) is 4.18. The number of nitrogens with one attached hydrogen (secondary N) is 2. The molecule has 0 aliphatic rings. The van der Waals surface area contributed by atoms with Gasteiger partial charge in [-0.15, -0.1) is 24.0 Å². The number of rotatable bonds is 8. The Morgan fingerprint density at radius 1 is 1.13 bits per heavy atom. The van der Waals surface area contributed by atoms with Crippen LogP contribution in [0.4, 0.5) is 0 Å². The summed E-state index contributed by atoms with van der Waals surface area (Å²) in [5, 5.41) is 7.14. The predicted molar refractivity (Wildman–Crippen MR) is 134 cm³/mol. The Morgan fingerprint density at radius 3 is 2.47 bits per heavy atom. The summed E-state index contributed by atoms with van der Waals surface area (Å²) in [4.78, 5) is 4.95. The highest BCUT2D eigenvalue weighted by Crippen LogP contribution is 2.23. The summed E-state index contributed by atoms with van der Waals surface area (Å²) in [6.45, 7) is 7.96. The van der Waals surface area contributed by atoms with Crippen LogP contribution in [0.3, 0.4) is 0 Å². The Hall–Kier alpha value is -1.52. The minimum absolute atomic E-state index is 0. The van der Waals surface area contributed by atoms with Crippen molar-refractivity contribution >= 4 is 51.4 Å². The van der Waals surface area contributed by atoms with Crippen LogP contribution in [0, 0.1) is 6.92 Å². The molecular weight excluding hydrogens is 537 g/mol. The van der Waals surface area contributed by atoms with E-state index in [-0.39, 0.29) is 24.0 Å². The van der Waals surface area contributed by atoms with Crippen molar-refractivity contribution in [2.75, 3.05) is 19.4 Å². The standard InChI is InChI=1S/C21H28ClN3O3S.HI/c1-5-23-21(25-14-17-8-9-18(22)12-19(17)28-6-2)24-13-16-7-10-20(15(3)11-16)29(4,26)27;/h7-12H,5-6,13-14H2,1-4H3,(H2,23,24,25);1H. The summed E-state index contributed by atoms with van der Waals surface area (Å²) in [6.07, 6.45) is 1.22. The first-order valence-electron chi connectivity index (χ1n) is 9.47. The zero-order valence-corrected chi connectivity index (χ0v) is 21.6. The van der Waals surface area contributed by atoms with Crippen LogP contribution in [0.2, 0.25) is 5.02 Å². The molecule has 30 heavy (non-hydrogen) atoms. The molecule has 0 heterocycles. The molecule has 0 radical (unpaired) electrons. The lowest BCUT2D eigenvalue weighted by molar-refractivity contribution is 0.336. The Morgan fingerprint density at radius 2 is 1.87 bits per heavy atom. The molecule has 0 spiro atoms. The van der Waals surface area contributed by atoms with Crippen LogP contribution in [0.1, 0.15) is 30.5 Å². The number of halogens is 2. The molecule has 166 valence electrons. The highest BCUT2D eigenvalue weighted by molar-refractivity contribution is 14.0. The highest BCUT2D eigenvalue weighted by Gasteiger charge is 2.11. The Kier molecular flexibility index (Phi) is 10.9. The van der Waals surface area contributed by atoms with Gasteiger partial charge in [0.2, 0.25) is 0 Å². The summed E-state index contributed by atoms with van der Waals surface area (Å²) < 4.78 is 29.2. The van der Waals surface area contributed by atoms with Crippen LogP contribution in [0.15, 0.2) is 46.3 Å². The van der Waals surface area contributed by atoms with Crippen molar-refractivity contribution in [1.82, 2.24) is 10.6 Å². The second-order valence-electron chi connectivity index (χ2n) is 6.61. The molecule has 2 aromatic carbocycles. The van der Waals surface area contributed by atoms with Crippen LogP contribution in [0.5, 0.6) is 5.75 Å². The van der Waals surface area contributed by atoms with E-state index in [0.29, 0.717) is 35.6 Å². The smallest absolute Gasteiger partial charge is 0.191 e. The van der Waals surface area contributed by atoms with E-state index in [2.05, 4.69) is 15.6 Å². The van der Waals surface area contributed by atoms with Gasteiger partial charge in [0.15, 0.2) is 15.8 Å². The van der Waals surface area contributed by atoms with E-state index in [4.69, 9.17) is 16.3 Å². The molecule has 2 aromatic rings. The van der Waals surface area contributed by atoms with Gasteiger partial charge in [-0.05, 0) is 50.1 Å². The first-order valence-corrected chi connectivity index (χ1v) is 11.7. The summed E-state index contributed by atoms with van der Waals surface area (Å²) in [7, 11) is -3.22. The molecule has 2 rings (SSSR count). The molecule has 0 unspecified atom stereocenters. The molecule has 0 atom stereocenters. The normalized spacial score (nSPS) is 11.6. The third-order valence-corrected chi connectivity index (χ3v) is 5.67. The van der Waals surface area contributed by atoms with Gasteiger partial charge in [0, 0.05) is 29.9 Å². The summed E-state index contributed by atoms with van der Waals surface area (Å²) >= 11 is 6.06. The molecule has 0 aliphatic heterocycles. The van der Waals surface area contributed by atoms with E-state index in [0.717, 1.165) is 29.0 Å². The van der Waals surface area contributed by atoms with Gasteiger partial charge < -0.3 is 15.4 Å². The Balaban J connectivity index is 0.00000450. The average molecular weight is 566 g/mol. The molecule has 0 amide bonds. The van der Waals surface area contributed by atoms with E-state index < -0.39 is 9.84 Å². The molecule has 9 heteroatoms. The van der Waals surface area contributed by atoms with E-state index in [1.807, 2.05) is 32.0 Å². The number of benzene rings is 2. The summed E-state index contributed by atoms with van der Waals surface area (Å²) in [5.41, 5.74) is 2.64. The van der Waals surface area contributed by atoms with Crippen molar-refractivity contribution in [3.63, 3.8) is 0 Å². The first-order chi connectivity index (χ1) is 13.7. The molecule has 6 nitrogen and oxygen atoms in total. The van der Waals surface area contributed by atoms with Crippen LogP contribution in [0.25, 0.3) is 0 Å². The van der Waals surface area contributed by atoms with Crippen LogP contribution >= 0.6 is 35.6 Å². The number of nitrogens with zero attached hydrogens (tertiary/aromatic N) is 1. The Labute approximate surface area is 201 Å². The molecule has 0 aromatic heterocycles. The van der Waals surface area contributed by atoms with Gasteiger partial charge in [0.25, 0.3) is 0 Å². The van der Waals surface area contributed by atoms with Gasteiger partial charge in [-0.2, -0.15) is 0 Å². The van der Waals surface area contributed by atoms with Gasteiger partial charge in [-0.3, -0.25) is 0 Å². The Bertz CT molecular complexity index is 981. The molecule has 0 saturated carbocycles. The minimum atomic E-state index is -3.22. The quantitative estimate of drug-likeness (QED) is 0.283. The van der Waals surface area contributed by atoms with E-state index in [9.17, 15) is 8.42 Å². The maximum atomic E-state index is 11.8. The van der Waals surface area contributed by atoms with E-state index >= 15 is 0 Å². The first kappa shape index (κ1) is 26.5. The molecule has 0 fully saturated rings. The number of aryl methyl sites for hydroxylation is 1. The zero-order valence-electron chi connectivity index (χ0n) is 17.7. The fraction of sp³-hybridized carbons (Fsp3) is 0.381. The SMILES string of the molecule is CCNC(=NCc1ccc(S(C)(=O)=O)c(C)c1)NCc1ccc(Cl)cc1OCC.I. The fourth-order valence-corrected chi connectivity index (χ4v) is 4.00. The highest BCUT2D eigenvalue weighted by atomic mass is 127. The van der Waals surface area contributed by atoms with Gasteiger partial charge in [-0.25, -0.2) is 13.4 Å². The van der Waals surface area contributed by atoms with Gasteiger partial charge in [-0.1, -0.05) is 29.8 Å². The van der Waals surface area contributed by atoms with Crippen molar-refractivity contribution in [3.05, 3.63) is 58.1 Å². The van der Waals surface area contributed by atoms with E-state index in [1.54, 1.807) is 25.1 Å². The fourth-order valence-electron chi connectivity index (χ4n) is 2.88. The van der Waals surface area contributed by atoms with E-state index in [1.165, 1.54) is 6.26 Å². The van der Waals surface area contributed by atoms with Gasteiger partial charge in [0.05, 0.1) is 18.0 Å². The number of sulfone groups is 1. The van der Waals surface area contributed by atoms with Crippen molar-refractivity contribution in [2.45, 2.75) is 38.8 Å². The van der Waals surface area contributed by atoms with Gasteiger partial charge in [0.1, 0.15) is 5.75 Å². The second kappa shape index (κ2) is 12.4. The molecular formula is C21H29ClIN3O3S. The maximum Gasteiger partial charge on any atom is 0.191 e. The average Bonchev–Trinajstić information content (AvgIpc) is 2.64. The molecule has 0 saturated heterocycles.